The van der Waals surface area contributed by atoms with E-state index in [-0.39, 0.29) is 58.8 Å². The Kier molecular flexibility index (Phi) is 29.0. The van der Waals surface area contributed by atoms with Crippen molar-refractivity contribution in [3.05, 3.63) is 282 Å². The van der Waals surface area contributed by atoms with Crippen molar-refractivity contribution >= 4 is 69.3 Å². The first kappa shape index (κ1) is 83.6. The van der Waals surface area contributed by atoms with Crippen molar-refractivity contribution in [2.75, 3.05) is 61.8 Å². The van der Waals surface area contributed by atoms with Gasteiger partial charge in [0, 0.05) is 74.5 Å². The molecule has 0 bridgehead atoms. The van der Waals surface area contributed by atoms with Gasteiger partial charge in [-0.15, -0.1) is 11.3 Å². The van der Waals surface area contributed by atoms with Crippen molar-refractivity contribution < 1.29 is 68.9 Å². The van der Waals surface area contributed by atoms with Gasteiger partial charge in [0.25, 0.3) is 11.5 Å². The lowest BCUT2D eigenvalue weighted by molar-refractivity contribution is -0.143. The lowest BCUT2D eigenvalue weighted by atomic mass is 9.89. The van der Waals surface area contributed by atoms with Crippen LogP contribution in [-0.4, -0.2) is 126 Å². The summed E-state index contributed by atoms with van der Waals surface area (Å²) in [5, 5.41) is 27.6. The van der Waals surface area contributed by atoms with Gasteiger partial charge >= 0.3 is 24.4 Å². The Morgan fingerprint density at radius 2 is 1.33 bits per heavy atom. The van der Waals surface area contributed by atoms with Crippen molar-refractivity contribution in [1.82, 2.24) is 44.1 Å². The highest BCUT2D eigenvalue weighted by Gasteiger charge is 2.38. The first-order chi connectivity index (χ1) is 53.6. The molecule has 0 saturated carbocycles. The summed E-state index contributed by atoms with van der Waals surface area (Å²) >= 11 is 7.20. The molecule has 2 aliphatic rings. The summed E-state index contributed by atoms with van der Waals surface area (Å²) in [4.78, 5) is 86.5. The van der Waals surface area contributed by atoms with Crippen molar-refractivity contribution in [3.63, 3.8) is 0 Å². The SMILES string of the molecule is CC(=O)Nc1nc(C(CCN2CCC(c3ccccc3)CC2)C(=O)NCc2cc(C(F)(F)F)cc(C(F)(F)F)c2)cs1.CCOC(=O)c1cnn(CC(O)c2ccccc2)c1NC(=O)Nc1ccccc1.Cc1c(CN(CCc2ccc(Cl)cc2)C2CCN(C(=O)c3c(F)cccc3F)CC2)c(=O)n(-c2ccccc2)n1C. The molecule has 112 heavy (non-hydrogen) atoms. The molecule has 0 aliphatic carbocycles. The number of alkyl halides is 6. The number of piperidine rings is 2. The quantitative estimate of drug-likeness (QED) is 0.0281. The molecule has 5 amide bonds. The lowest BCUT2D eigenvalue weighted by Gasteiger charge is -2.38. The topological polar surface area (TPSA) is 230 Å². The van der Waals surface area contributed by atoms with Gasteiger partial charge in [0.2, 0.25) is 11.8 Å². The molecule has 2 unspecified atom stereocenters. The molecular formula is C82H85ClF8N12O8S. The summed E-state index contributed by atoms with van der Waals surface area (Å²) in [5.74, 6) is -4.11. The number of para-hydroxylation sites is 2. The largest absolute Gasteiger partial charge is 0.462 e. The molecular weight excluding hydrogens is 1500 g/mol. The normalized spacial score (nSPS) is 14.1. The zero-order chi connectivity index (χ0) is 80.2. The fourth-order valence-electron chi connectivity index (χ4n) is 13.4. The van der Waals surface area contributed by atoms with Gasteiger partial charge in [-0.05, 0) is 167 Å². The maximum Gasteiger partial charge on any atom is 0.416 e. The number of aliphatic hydroxyl groups excluding tert-OH is 1. The number of carbonyl (C=O) groups is 5. The molecule has 20 nitrogen and oxygen atoms in total. The summed E-state index contributed by atoms with van der Waals surface area (Å²) in [7, 11) is 1.89. The van der Waals surface area contributed by atoms with Gasteiger partial charge in [-0.1, -0.05) is 127 Å². The second-order valence-corrected chi connectivity index (χ2v) is 28.2. The third-order valence-electron chi connectivity index (χ3n) is 19.4. The standard InChI is InChI=1S/C32H33ClF2N4O2.C29H30F6N4O2S.C21H22N4O4/c1-22-27(31(40)39(36(22)2)26-7-4-3-5-8-26)21-38(18-15-23-11-13-24(33)14-12-23)25-16-19-37(20-17-25)32(41)30-28(34)9-6-10-29(30)35;1-18(40)37-27-38-25(17-42-27)24(9-12-39-10-7-21(8-11-39)20-5-3-2-4-6-20)26(41)36-16-19-13-22(28(30,31)32)15-23(14-19)29(33,34)35;1-2-29-20(27)17-13-22-25(14-18(26)15-9-5-3-6-10-15)19(17)24-21(28)23-16-11-7-4-8-12-16/h3-14,25H,15-21H2,1-2H3;2-6,13-15,17,21,24H,7-12,16H2,1H3,(H,36,41)(H,37,38,40);3-13,18,26H,2,14H2,1H3,(H2,23,24,28). The van der Waals surface area contributed by atoms with Gasteiger partial charge in [0.1, 0.15) is 28.6 Å². The number of aromatic nitrogens is 5. The second kappa shape index (κ2) is 38.9. The van der Waals surface area contributed by atoms with Crippen LogP contribution < -0.4 is 26.8 Å². The Labute approximate surface area is 651 Å². The van der Waals surface area contributed by atoms with E-state index in [4.69, 9.17) is 16.3 Å². The molecule has 0 spiro atoms. The number of hydrogen-bond donors (Lipinski definition) is 5. The summed E-state index contributed by atoms with van der Waals surface area (Å²) in [6.07, 6.45) is -5.31. The van der Waals surface area contributed by atoms with E-state index in [0.717, 1.165) is 78.3 Å². The van der Waals surface area contributed by atoms with E-state index in [0.29, 0.717) is 92.0 Å². The van der Waals surface area contributed by atoms with E-state index in [1.165, 1.54) is 34.3 Å². The lowest BCUT2D eigenvalue weighted by Crippen LogP contribution is -2.47. The van der Waals surface area contributed by atoms with E-state index in [2.05, 4.69) is 53.3 Å². The summed E-state index contributed by atoms with van der Waals surface area (Å²) < 4.78 is 118. The highest BCUT2D eigenvalue weighted by atomic mass is 35.5. The minimum absolute atomic E-state index is 0.0460. The Morgan fingerprint density at radius 1 is 0.732 bits per heavy atom. The number of carbonyl (C=O) groups excluding carboxylic acids is 5. The van der Waals surface area contributed by atoms with Gasteiger partial charge in [0.05, 0.1) is 59.4 Å². The van der Waals surface area contributed by atoms with Crippen LogP contribution in [0.4, 0.5) is 56.6 Å². The third-order valence-corrected chi connectivity index (χ3v) is 20.4. The molecule has 5 heterocycles. The number of anilines is 3. The molecule has 2 aliphatic heterocycles. The first-order valence-electron chi connectivity index (χ1n) is 36.3. The molecule has 590 valence electrons. The molecule has 2 atom stereocenters. The van der Waals surface area contributed by atoms with Crippen LogP contribution in [0, 0.1) is 18.6 Å². The minimum Gasteiger partial charge on any atom is -0.462 e. The Bertz CT molecular complexity index is 4810. The van der Waals surface area contributed by atoms with E-state index < -0.39 is 83.1 Å². The molecule has 12 rings (SSSR count). The predicted molar refractivity (Wildman–Crippen MR) is 412 cm³/mol. The summed E-state index contributed by atoms with van der Waals surface area (Å²) in [6, 6.07) is 49.7. The molecule has 5 N–H and O–H groups in total. The average molecular weight is 1590 g/mol. The van der Waals surface area contributed by atoms with Crippen LogP contribution in [0.2, 0.25) is 5.02 Å². The van der Waals surface area contributed by atoms with E-state index in [9.17, 15) is 69.0 Å². The number of nitrogens with one attached hydrogen (secondary N) is 4. The molecule has 2 saturated heterocycles. The molecule has 30 heteroatoms. The smallest absolute Gasteiger partial charge is 0.416 e. The Balaban J connectivity index is 0.000000182. The maximum atomic E-state index is 14.3. The van der Waals surface area contributed by atoms with Gasteiger partial charge in [-0.25, -0.2) is 32.7 Å². The average Bonchev–Trinajstić information content (AvgIpc) is 1.63. The van der Waals surface area contributed by atoms with Gasteiger partial charge in [-0.2, -0.15) is 31.4 Å². The maximum absolute atomic E-state index is 14.3. The number of halogens is 9. The minimum atomic E-state index is -4.99. The predicted octanol–water partition coefficient (Wildman–Crippen LogP) is 16.0. The number of benzene rings is 7. The van der Waals surface area contributed by atoms with Crippen LogP contribution in [0.5, 0.6) is 0 Å². The van der Waals surface area contributed by atoms with Crippen LogP contribution in [-0.2, 0) is 59.8 Å². The van der Waals surface area contributed by atoms with Crippen LogP contribution in [0.3, 0.4) is 0 Å². The second-order valence-electron chi connectivity index (χ2n) is 26.9. The molecule has 0 radical (unpaired) electrons. The number of rotatable bonds is 24. The van der Waals surface area contributed by atoms with Crippen molar-refractivity contribution in [2.24, 2.45) is 7.05 Å². The van der Waals surface area contributed by atoms with Gasteiger partial charge in [-0.3, -0.25) is 34.1 Å². The third kappa shape index (κ3) is 22.7. The van der Waals surface area contributed by atoms with Crippen LogP contribution in [0.1, 0.15) is 135 Å². The number of hydrogen-bond acceptors (Lipinski definition) is 13. The zero-order valence-electron chi connectivity index (χ0n) is 61.8. The Morgan fingerprint density at radius 3 is 1.93 bits per heavy atom. The van der Waals surface area contributed by atoms with Crippen molar-refractivity contribution in [3.8, 4) is 5.69 Å². The molecule has 7 aromatic carbocycles. The fourth-order valence-corrected chi connectivity index (χ4v) is 14.3. The highest BCUT2D eigenvalue weighted by molar-refractivity contribution is 7.14. The fraction of sp³-hybridized carbons (Fsp3) is 0.317. The number of thiazole rings is 1. The zero-order valence-corrected chi connectivity index (χ0v) is 63.4. The van der Waals surface area contributed by atoms with E-state index >= 15 is 0 Å². The van der Waals surface area contributed by atoms with Crippen molar-refractivity contribution in [1.29, 1.82) is 0 Å². The Hall–Kier alpha value is -10.9. The summed E-state index contributed by atoms with van der Waals surface area (Å²) in [6.45, 7) is 8.71. The number of amides is 5. The van der Waals surface area contributed by atoms with E-state index in [1.807, 2.05) is 116 Å². The first-order valence-corrected chi connectivity index (χ1v) is 37.6. The molecule has 3 aromatic heterocycles. The highest BCUT2D eigenvalue weighted by Crippen LogP contribution is 2.38. The number of urea groups is 1. The number of esters is 1. The van der Waals surface area contributed by atoms with E-state index in [1.54, 1.807) is 53.4 Å². The summed E-state index contributed by atoms with van der Waals surface area (Å²) in [5.41, 5.74) is 2.79. The van der Waals surface area contributed by atoms with Crippen LogP contribution >= 0.6 is 22.9 Å². The number of nitrogens with zero attached hydrogens (tertiary/aromatic N) is 8. The number of ether oxygens (including phenoxy) is 1. The van der Waals surface area contributed by atoms with Crippen molar-refractivity contribution in [2.45, 2.75) is 115 Å². The number of likely N-dealkylation sites (tertiary alicyclic amines) is 2. The molecule has 2 fully saturated rings. The van der Waals surface area contributed by atoms with Gasteiger partial charge < -0.3 is 35.6 Å². The van der Waals surface area contributed by atoms with Crippen LogP contribution in [0.15, 0.2) is 198 Å². The molecule has 10 aromatic rings. The monoisotopic (exact) mass is 1580 g/mol. The number of aliphatic hydroxyl groups is 1. The van der Waals surface area contributed by atoms with Crippen LogP contribution in [0.25, 0.3) is 5.69 Å². The van der Waals surface area contributed by atoms with Gasteiger partial charge in [0.15, 0.2) is 5.13 Å².